The molecule has 1 aliphatic heterocycles. The van der Waals surface area contributed by atoms with E-state index in [1.807, 2.05) is 0 Å². The van der Waals surface area contributed by atoms with E-state index in [1.165, 1.54) is 12.3 Å². The molecule has 1 aromatic heterocycles. The van der Waals surface area contributed by atoms with Crippen LogP contribution in [0.4, 0.5) is 5.69 Å². The highest BCUT2D eigenvalue weighted by molar-refractivity contribution is 6.35. The second-order valence-corrected chi connectivity index (χ2v) is 6.69. The van der Waals surface area contributed by atoms with Crippen LogP contribution >= 0.6 is 23.2 Å². The molecule has 0 atom stereocenters. The van der Waals surface area contributed by atoms with Crippen molar-refractivity contribution in [2.24, 2.45) is 0 Å². The number of hydrogen-bond acceptors (Lipinski definition) is 5. The van der Waals surface area contributed by atoms with Crippen LogP contribution in [0.25, 0.3) is 0 Å². The Kier molecular flexibility index (Phi) is 5.23. The number of nitrogens with one attached hydrogen (secondary N) is 1. The smallest absolute Gasteiger partial charge is 0.255 e. The maximum absolute atomic E-state index is 12.7. The van der Waals surface area contributed by atoms with Gasteiger partial charge in [-0.15, -0.1) is 0 Å². The van der Waals surface area contributed by atoms with Crippen LogP contribution in [0.2, 0.25) is 10.0 Å². The summed E-state index contributed by atoms with van der Waals surface area (Å²) in [7, 11) is 0. The van der Waals surface area contributed by atoms with Crippen molar-refractivity contribution >= 4 is 34.8 Å². The highest BCUT2D eigenvalue weighted by Crippen LogP contribution is 2.34. The summed E-state index contributed by atoms with van der Waals surface area (Å²) in [5.41, 5.74) is 0.900. The molecule has 4 rings (SSSR count). The van der Waals surface area contributed by atoms with E-state index in [0.29, 0.717) is 46.7 Å². The number of fused-ring (bicyclic) bond motifs is 1. The molecule has 0 saturated heterocycles. The SMILES string of the molecule is O=C(Nc1ccccc1Oc1ncc(Cl)cc1Cl)c1ccc2c(c1)OCCO2. The molecule has 1 N–H and O–H groups in total. The Balaban J connectivity index is 1.56. The van der Waals surface area contributed by atoms with Crippen LogP contribution in [0.1, 0.15) is 10.4 Å². The first kappa shape index (κ1) is 18.4. The summed E-state index contributed by atoms with van der Waals surface area (Å²) in [4.78, 5) is 16.8. The summed E-state index contributed by atoms with van der Waals surface area (Å²) in [6.07, 6.45) is 1.43. The number of para-hydroxylation sites is 2. The van der Waals surface area contributed by atoms with Gasteiger partial charge in [-0.1, -0.05) is 35.3 Å². The van der Waals surface area contributed by atoms with Crippen LogP contribution in [0, 0.1) is 0 Å². The Bertz CT molecular complexity index is 1040. The minimum Gasteiger partial charge on any atom is -0.486 e. The number of carbonyl (C=O) groups excluding carboxylic acids is 1. The van der Waals surface area contributed by atoms with Gasteiger partial charge in [0.15, 0.2) is 17.2 Å². The van der Waals surface area contributed by atoms with E-state index in [-0.39, 0.29) is 16.8 Å². The van der Waals surface area contributed by atoms with Crippen LogP contribution in [0.5, 0.6) is 23.1 Å². The number of ether oxygens (including phenoxy) is 3. The number of pyridine rings is 1. The number of rotatable bonds is 4. The lowest BCUT2D eigenvalue weighted by Crippen LogP contribution is -2.17. The third kappa shape index (κ3) is 3.98. The van der Waals surface area contributed by atoms with Gasteiger partial charge in [0.2, 0.25) is 5.88 Å². The van der Waals surface area contributed by atoms with E-state index < -0.39 is 0 Å². The van der Waals surface area contributed by atoms with Gasteiger partial charge in [0.25, 0.3) is 5.91 Å². The number of carbonyl (C=O) groups is 1. The molecule has 1 amide bonds. The number of amides is 1. The topological polar surface area (TPSA) is 69.7 Å². The third-order valence-corrected chi connectivity index (χ3v) is 4.40. The first-order valence-corrected chi connectivity index (χ1v) is 9.15. The lowest BCUT2D eigenvalue weighted by atomic mass is 10.1. The number of benzene rings is 2. The fourth-order valence-electron chi connectivity index (χ4n) is 2.62. The van der Waals surface area contributed by atoms with Crippen molar-refractivity contribution in [2.75, 3.05) is 18.5 Å². The summed E-state index contributed by atoms with van der Waals surface area (Å²) in [6, 6.07) is 13.5. The zero-order chi connectivity index (χ0) is 19.5. The number of nitrogens with zero attached hydrogens (tertiary/aromatic N) is 1. The number of hydrogen-bond donors (Lipinski definition) is 1. The monoisotopic (exact) mass is 416 g/mol. The molecule has 28 heavy (non-hydrogen) atoms. The molecule has 0 saturated carbocycles. The first-order chi connectivity index (χ1) is 13.6. The van der Waals surface area contributed by atoms with Gasteiger partial charge in [-0.3, -0.25) is 4.79 Å². The van der Waals surface area contributed by atoms with Gasteiger partial charge in [0.1, 0.15) is 18.2 Å². The maximum Gasteiger partial charge on any atom is 0.255 e. The van der Waals surface area contributed by atoms with Crippen molar-refractivity contribution in [3.05, 3.63) is 70.3 Å². The summed E-state index contributed by atoms with van der Waals surface area (Å²) in [6.45, 7) is 0.939. The first-order valence-electron chi connectivity index (χ1n) is 8.39. The van der Waals surface area contributed by atoms with Gasteiger partial charge in [-0.05, 0) is 36.4 Å². The van der Waals surface area contributed by atoms with Gasteiger partial charge in [-0.25, -0.2) is 4.98 Å². The van der Waals surface area contributed by atoms with Gasteiger partial charge in [0.05, 0.1) is 10.7 Å². The largest absolute Gasteiger partial charge is 0.486 e. The molecule has 142 valence electrons. The molecule has 0 fully saturated rings. The molecular weight excluding hydrogens is 403 g/mol. The molecule has 0 radical (unpaired) electrons. The number of halogens is 2. The van der Waals surface area contributed by atoms with Crippen molar-refractivity contribution in [3.63, 3.8) is 0 Å². The van der Waals surface area contributed by atoms with Crippen molar-refractivity contribution < 1.29 is 19.0 Å². The molecule has 0 bridgehead atoms. The van der Waals surface area contributed by atoms with Gasteiger partial charge < -0.3 is 19.5 Å². The van der Waals surface area contributed by atoms with E-state index in [4.69, 9.17) is 37.4 Å². The summed E-state index contributed by atoms with van der Waals surface area (Å²) < 4.78 is 16.8. The fourth-order valence-corrected chi connectivity index (χ4v) is 3.04. The summed E-state index contributed by atoms with van der Waals surface area (Å²) in [5.74, 6) is 1.43. The van der Waals surface area contributed by atoms with Crippen LogP contribution < -0.4 is 19.5 Å². The van der Waals surface area contributed by atoms with Crippen molar-refractivity contribution in [1.82, 2.24) is 4.98 Å². The molecule has 8 heteroatoms. The van der Waals surface area contributed by atoms with E-state index in [9.17, 15) is 4.79 Å². The molecule has 0 spiro atoms. The zero-order valence-electron chi connectivity index (χ0n) is 14.4. The summed E-state index contributed by atoms with van der Waals surface area (Å²) >= 11 is 12.0. The Morgan fingerprint density at radius 3 is 2.64 bits per heavy atom. The van der Waals surface area contributed by atoms with Crippen molar-refractivity contribution in [2.45, 2.75) is 0 Å². The zero-order valence-corrected chi connectivity index (χ0v) is 16.0. The Morgan fingerprint density at radius 2 is 1.82 bits per heavy atom. The average Bonchev–Trinajstić information content (AvgIpc) is 2.71. The molecule has 3 aromatic rings. The standard InChI is InChI=1S/C20H14Cl2N2O4/c21-13-10-14(22)20(23-11-13)28-16-4-2-1-3-15(16)24-19(25)12-5-6-17-18(9-12)27-8-7-26-17/h1-6,9-11H,7-8H2,(H,24,25). The van der Waals surface area contributed by atoms with Gasteiger partial charge in [0, 0.05) is 11.8 Å². The number of aromatic nitrogens is 1. The molecular formula is C20H14Cl2N2O4. The minimum absolute atomic E-state index is 0.187. The molecule has 6 nitrogen and oxygen atoms in total. The third-order valence-electron chi connectivity index (χ3n) is 3.92. The highest BCUT2D eigenvalue weighted by atomic mass is 35.5. The minimum atomic E-state index is -0.316. The van der Waals surface area contributed by atoms with E-state index in [0.717, 1.165) is 0 Å². The number of anilines is 1. The normalized spacial score (nSPS) is 12.4. The average molecular weight is 417 g/mol. The van der Waals surface area contributed by atoms with E-state index in [2.05, 4.69) is 10.3 Å². The van der Waals surface area contributed by atoms with Gasteiger partial charge >= 0.3 is 0 Å². The second-order valence-electron chi connectivity index (χ2n) is 5.85. The predicted molar refractivity (Wildman–Crippen MR) is 106 cm³/mol. The molecule has 0 aliphatic carbocycles. The predicted octanol–water partition coefficient (Wildman–Crippen LogP) is 5.20. The molecule has 1 aliphatic rings. The van der Waals surface area contributed by atoms with Crippen LogP contribution in [-0.2, 0) is 0 Å². The van der Waals surface area contributed by atoms with Crippen molar-refractivity contribution in [1.29, 1.82) is 0 Å². The lowest BCUT2D eigenvalue weighted by molar-refractivity contribution is 0.102. The highest BCUT2D eigenvalue weighted by Gasteiger charge is 2.17. The van der Waals surface area contributed by atoms with Crippen LogP contribution in [0.15, 0.2) is 54.7 Å². The molecule has 0 unspecified atom stereocenters. The second kappa shape index (κ2) is 7.96. The van der Waals surface area contributed by atoms with Crippen LogP contribution in [-0.4, -0.2) is 24.1 Å². The molecule has 2 aromatic carbocycles. The Morgan fingerprint density at radius 1 is 1.04 bits per heavy atom. The Labute approximate surface area is 171 Å². The molecule has 2 heterocycles. The van der Waals surface area contributed by atoms with Crippen molar-refractivity contribution in [3.8, 4) is 23.1 Å². The van der Waals surface area contributed by atoms with E-state index in [1.54, 1.807) is 42.5 Å². The lowest BCUT2D eigenvalue weighted by Gasteiger charge is -2.19. The quantitative estimate of drug-likeness (QED) is 0.632. The van der Waals surface area contributed by atoms with E-state index >= 15 is 0 Å². The Hall–Kier alpha value is -2.96. The maximum atomic E-state index is 12.7. The summed E-state index contributed by atoms with van der Waals surface area (Å²) in [5, 5.41) is 3.49. The van der Waals surface area contributed by atoms with Crippen LogP contribution in [0.3, 0.4) is 0 Å². The fraction of sp³-hybridized carbons (Fsp3) is 0.100. The van der Waals surface area contributed by atoms with Gasteiger partial charge in [-0.2, -0.15) is 0 Å².